The first-order chi connectivity index (χ1) is 21.3. The first-order valence-electron chi connectivity index (χ1n) is 14.9. The molecule has 0 heterocycles. The van der Waals surface area contributed by atoms with Crippen molar-refractivity contribution in [2.45, 2.75) is 58.7 Å². The number of phenolic OH excluding ortho intramolecular Hbond substituents is 1. The Kier molecular flexibility index (Phi) is 10.3. The molecule has 0 radical (unpaired) electrons. The van der Waals surface area contributed by atoms with Gasteiger partial charge in [-0.05, 0) is 91.9 Å². The van der Waals surface area contributed by atoms with E-state index < -0.39 is 35.6 Å². The molecule has 4 rings (SSSR count). The number of aryl methyl sites for hydroxylation is 2. The molecule has 0 saturated carbocycles. The van der Waals surface area contributed by atoms with E-state index >= 15 is 0 Å². The lowest BCUT2D eigenvalue weighted by Gasteiger charge is -2.34. The molecule has 0 spiro atoms. The molecule has 0 aliphatic heterocycles. The van der Waals surface area contributed by atoms with Gasteiger partial charge >= 0.3 is 6.09 Å². The molecule has 3 N–H and O–H groups in total. The molecule has 0 bridgehead atoms. The van der Waals surface area contributed by atoms with E-state index in [1.54, 1.807) is 39.0 Å². The number of nitrogens with zero attached hydrogens (tertiary/aromatic N) is 1. The van der Waals surface area contributed by atoms with Crippen molar-refractivity contribution < 1.29 is 24.2 Å². The standard InChI is InChI=1S/C37H41N3O5/c1-7-20-40(35(43)32(39-36(44)45-37(4,5)6)22-26-13-18-31(41)19-14-26)33(29-15-12-24(2)25(3)21-29)34(42)38-30-17-16-27-10-8-9-11-28(27)23-30/h7-19,21,23,32-33,41H,1,20,22H2,2-6H3,(H,38,42)(H,39,44). The summed E-state index contributed by atoms with van der Waals surface area (Å²) in [7, 11) is 0. The minimum absolute atomic E-state index is 0.0314. The highest BCUT2D eigenvalue weighted by Gasteiger charge is 2.36. The Hall–Kier alpha value is -5.11. The van der Waals surface area contributed by atoms with Crippen LogP contribution < -0.4 is 10.6 Å². The van der Waals surface area contributed by atoms with Gasteiger partial charge in [-0.2, -0.15) is 0 Å². The number of benzene rings is 4. The van der Waals surface area contributed by atoms with E-state index in [2.05, 4.69) is 17.2 Å². The molecule has 45 heavy (non-hydrogen) atoms. The molecule has 4 aromatic carbocycles. The molecule has 0 aromatic heterocycles. The summed E-state index contributed by atoms with van der Waals surface area (Å²) in [5.74, 6) is -0.828. The summed E-state index contributed by atoms with van der Waals surface area (Å²) in [5.41, 5.74) is 3.13. The van der Waals surface area contributed by atoms with Crippen molar-refractivity contribution >= 4 is 34.4 Å². The second kappa shape index (κ2) is 14.1. The molecule has 234 valence electrons. The summed E-state index contributed by atoms with van der Waals surface area (Å²) >= 11 is 0. The predicted octanol–water partition coefficient (Wildman–Crippen LogP) is 6.99. The third-order valence-corrected chi connectivity index (χ3v) is 7.40. The van der Waals surface area contributed by atoms with E-state index in [-0.39, 0.29) is 18.7 Å². The van der Waals surface area contributed by atoms with Crippen LogP contribution in [0.4, 0.5) is 10.5 Å². The highest BCUT2D eigenvalue weighted by atomic mass is 16.6. The molecule has 0 aliphatic carbocycles. The van der Waals surface area contributed by atoms with E-state index in [4.69, 9.17) is 4.74 Å². The number of hydrogen-bond donors (Lipinski definition) is 3. The lowest BCUT2D eigenvalue weighted by atomic mass is 9.97. The van der Waals surface area contributed by atoms with Crippen LogP contribution in [0.2, 0.25) is 0 Å². The van der Waals surface area contributed by atoms with Crippen LogP contribution in [0.25, 0.3) is 10.8 Å². The minimum Gasteiger partial charge on any atom is -0.508 e. The van der Waals surface area contributed by atoms with Gasteiger partial charge in [-0.25, -0.2) is 4.79 Å². The maximum Gasteiger partial charge on any atom is 0.408 e. The minimum atomic E-state index is -1.09. The fraction of sp³-hybridized carbons (Fsp3) is 0.270. The van der Waals surface area contributed by atoms with Gasteiger partial charge in [0.05, 0.1) is 0 Å². The molecule has 0 saturated heterocycles. The maximum atomic E-state index is 14.5. The third-order valence-electron chi connectivity index (χ3n) is 7.40. The van der Waals surface area contributed by atoms with Crippen LogP contribution in [-0.2, 0) is 20.7 Å². The average Bonchev–Trinajstić information content (AvgIpc) is 2.98. The molecule has 4 aromatic rings. The lowest BCUT2D eigenvalue weighted by Crippen LogP contribution is -2.53. The van der Waals surface area contributed by atoms with Crippen molar-refractivity contribution in [3.63, 3.8) is 0 Å². The SMILES string of the molecule is C=CCN(C(=O)C(Cc1ccc(O)cc1)NC(=O)OC(C)(C)C)C(C(=O)Nc1ccc2ccccc2c1)c1ccc(C)c(C)c1. The number of ether oxygens (including phenoxy) is 1. The number of alkyl carbamates (subject to hydrolysis) is 1. The monoisotopic (exact) mass is 607 g/mol. The summed E-state index contributed by atoms with van der Waals surface area (Å²) in [6.45, 7) is 13.0. The van der Waals surface area contributed by atoms with Gasteiger partial charge in [-0.15, -0.1) is 6.58 Å². The number of carbonyl (C=O) groups excluding carboxylic acids is 3. The zero-order valence-corrected chi connectivity index (χ0v) is 26.5. The fourth-order valence-electron chi connectivity index (χ4n) is 5.06. The van der Waals surface area contributed by atoms with E-state index in [0.29, 0.717) is 16.8 Å². The summed E-state index contributed by atoms with van der Waals surface area (Å²) in [6.07, 6.45) is 0.889. The van der Waals surface area contributed by atoms with Crippen LogP contribution in [0.15, 0.2) is 97.6 Å². The van der Waals surface area contributed by atoms with Gasteiger partial charge in [0.2, 0.25) is 5.91 Å². The van der Waals surface area contributed by atoms with Gasteiger partial charge in [-0.3, -0.25) is 9.59 Å². The summed E-state index contributed by atoms with van der Waals surface area (Å²) in [5, 5.41) is 17.5. The van der Waals surface area contributed by atoms with Crippen molar-refractivity contribution in [3.8, 4) is 5.75 Å². The number of amides is 3. The number of phenols is 1. The number of fused-ring (bicyclic) bond motifs is 1. The van der Waals surface area contributed by atoms with Gasteiger partial charge in [-0.1, -0.05) is 66.7 Å². The van der Waals surface area contributed by atoms with E-state index in [0.717, 1.165) is 21.9 Å². The second-order valence-corrected chi connectivity index (χ2v) is 12.1. The Morgan fingerprint density at radius 1 is 0.911 bits per heavy atom. The van der Waals surface area contributed by atoms with Gasteiger partial charge in [0.15, 0.2) is 0 Å². The third kappa shape index (κ3) is 8.72. The van der Waals surface area contributed by atoms with Crippen LogP contribution in [0.3, 0.4) is 0 Å². The zero-order chi connectivity index (χ0) is 32.7. The molecule has 0 aliphatic rings. The van der Waals surface area contributed by atoms with Crippen LogP contribution in [-0.4, -0.2) is 46.1 Å². The quantitative estimate of drug-likeness (QED) is 0.168. The maximum absolute atomic E-state index is 14.5. The van der Waals surface area contributed by atoms with Crippen molar-refractivity contribution in [1.29, 1.82) is 0 Å². The van der Waals surface area contributed by atoms with E-state index in [9.17, 15) is 19.5 Å². The molecule has 2 unspecified atom stereocenters. The van der Waals surface area contributed by atoms with Crippen LogP contribution in [0, 0.1) is 13.8 Å². The molecule has 2 atom stereocenters. The number of anilines is 1. The Bertz CT molecular complexity index is 1690. The van der Waals surface area contributed by atoms with Crippen molar-refractivity contribution in [3.05, 3.63) is 120 Å². The van der Waals surface area contributed by atoms with E-state index in [1.807, 2.05) is 74.5 Å². The molecule has 3 amide bonds. The Morgan fingerprint density at radius 3 is 2.24 bits per heavy atom. The van der Waals surface area contributed by atoms with Crippen LogP contribution >= 0.6 is 0 Å². The molecular formula is C37H41N3O5. The normalized spacial score (nSPS) is 12.6. The largest absolute Gasteiger partial charge is 0.508 e. The Balaban J connectivity index is 1.75. The lowest BCUT2D eigenvalue weighted by molar-refractivity contribution is -0.140. The first-order valence-corrected chi connectivity index (χ1v) is 14.9. The number of rotatable bonds is 10. The topological polar surface area (TPSA) is 108 Å². The molecule has 8 nitrogen and oxygen atoms in total. The summed E-state index contributed by atoms with van der Waals surface area (Å²) in [4.78, 5) is 43.1. The van der Waals surface area contributed by atoms with E-state index in [1.165, 1.54) is 17.0 Å². The fourth-order valence-corrected chi connectivity index (χ4v) is 5.06. The molecule has 8 heteroatoms. The van der Waals surface area contributed by atoms with Gasteiger partial charge < -0.3 is 25.4 Å². The Labute approximate surface area is 264 Å². The molecular weight excluding hydrogens is 566 g/mol. The van der Waals surface area contributed by atoms with Gasteiger partial charge in [0, 0.05) is 18.7 Å². The molecule has 0 fully saturated rings. The number of nitrogens with one attached hydrogen (secondary N) is 2. The van der Waals surface area contributed by atoms with Gasteiger partial charge in [0.25, 0.3) is 5.91 Å². The highest BCUT2D eigenvalue weighted by molar-refractivity contribution is 6.00. The Morgan fingerprint density at radius 2 is 1.60 bits per heavy atom. The average molecular weight is 608 g/mol. The van der Waals surface area contributed by atoms with Crippen LogP contribution in [0.1, 0.15) is 49.1 Å². The first kappa shape index (κ1) is 32.8. The number of aromatic hydroxyl groups is 1. The van der Waals surface area contributed by atoms with Crippen LogP contribution in [0.5, 0.6) is 5.75 Å². The van der Waals surface area contributed by atoms with Crippen molar-refractivity contribution in [2.75, 3.05) is 11.9 Å². The number of hydrogen-bond acceptors (Lipinski definition) is 5. The zero-order valence-electron chi connectivity index (χ0n) is 26.5. The highest BCUT2D eigenvalue weighted by Crippen LogP contribution is 2.28. The number of carbonyl (C=O) groups is 3. The van der Waals surface area contributed by atoms with Gasteiger partial charge in [0.1, 0.15) is 23.4 Å². The second-order valence-electron chi connectivity index (χ2n) is 12.1. The summed E-state index contributed by atoms with van der Waals surface area (Å²) < 4.78 is 5.49. The predicted molar refractivity (Wildman–Crippen MR) is 178 cm³/mol. The smallest absolute Gasteiger partial charge is 0.408 e. The summed E-state index contributed by atoms with van der Waals surface area (Å²) in [6, 6.07) is 23.4. The van der Waals surface area contributed by atoms with Crippen molar-refractivity contribution in [1.82, 2.24) is 10.2 Å². The van der Waals surface area contributed by atoms with Crippen molar-refractivity contribution in [2.24, 2.45) is 0 Å².